The quantitative estimate of drug-likeness (QED) is 0.348. The fourth-order valence-electron chi connectivity index (χ4n) is 3.37. The van der Waals surface area contributed by atoms with E-state index in [2.05, 4.69) is 5.32 Å². The second kappa shape index (κ2) is 8.69. The summed E-state index contributed by atoms with van der Waals surface area (Å²) in [6, 6.07) is 14.6. The van der Waals surface area contributed by atoms with Gasteiger partial charge in [0.1, 0.15) is 12.2 Å². The molecular weight excluding hydrogens is 442 g/mol. The van der Waals surface area contributed by atoms with Crippen LogP contribution < -0.4 is 10.9 Å². The third-order valence-corrected chi connectivity index (χ3v) is 6.44. The van der Waals surface area contributed by atoms with Gasteiger partial charge in [0.25, 0.3) is 5.56 Å². The van der Waals surface area contributed by atoms with E-state index in [1.165, 1.54) is 15.9 Å². The highest BCUT2D eigenvalue weighted by molar-refractivity contribution is 7.73. The first-order valence-corrected chi connectivity index (χ1v) is 10.8. The van der Waals surface area contributed by atoms with Gasteiger partial charge >= 0.3 is 0 Å². The van der Waals surface area contributed by atoms with Gasteiger partial charge in [0, 0.05) is 24.2 Å². The molecule has 2 aromatic heterocycles. The minimum Gasteiger partial charge on any atom is -0.383 e. The molecule has 1 N–H and O–H groups in total. The number of rotatable bonds is 6. The Balaban J connectivity index is 2.02. The number of amides is 1. The lowest BCUT2D eigenvalue weighted by Crippen LogP contribution is -2.34. The number of hydrogen-bond donors (Lipinski definition) is 1. The van der Waals surface area contributed by atoms with Crippen molar-refractivity contribution in [2.24, 2.45) is 0 Å². The van der Waals surface area contributed by atoms with Gasteiger partial charge in [0.15, 0.2) is 3.95 Å². The van der Waals surface area contributed by atoms with E-state index in [0.29, 0.717) is 38.7 Å². The maximum atomic E-state index is 13.4. The Hall–Kier alpha value is -2.52. The zero-order valence-corrected chi connectivity index (χ0v) is 18.4. The summed E-state index contributed by atoms with van der Waals surface area (Å²) < 4.78 is 8.86. The first kappa shape index (κ1) is 20.7. The van der Waals surface area contributed by atoms with E-state index < -0.39 is 0 Å². The molecule has 2 aromatic carbocycles. The van der Waals surface area contributed by atoms with Crippen LogP contribution in [0.15, 0.2) is 53.3 Å². The molecule has 30 heavy (non-hydrogen) atoms. The van der Waals surface area contributed by atoms with Crippen LogP contribution in [0.5, 0.6) is 0 Å². The molecule has 0 aliphatic heterocycles. The van der Waals surface area contributed by atoms with Crippen molar-refractivity contribution >= 4 is 57.6 Å². The number of methoxy groups -OCH3 is 1. The SMILES string of the molecule is COCCNC(=O)Cn1c(=O)c2ccccc2n2c(=S)sc(-c3ccccc3Cl)c12. The zero-order chi connectivity index (χ0) is 21.3. The lowest BCUT2D eigenvalue weighted by atomic mass is 10.2. The molecule has 0 unspecified atom stereocenters. The number of aromatic nitrogens is 2. The van der Waals surface area contributed by atoms with Crippen molar-refractivity contribution < 1.29 is 9.53 Å². The molecule has 0 aliphatic carbocycles. The summed E-state index contributed by atoms with van der Waals surface area (Å²) in [5, 5.41) is 3.81. The van der Waals surface area contributed by atoms with Gasteiger partial charge in [-0.25, -0.2) is 0 Å². The molecule has 0 saturated carbocycles. The van der Waals surface area contributed by atoms with Crippen molar-refractivity contribution in [1.29, 1.82) is 0 Å². The van der Waals surface area contributed by atoms with Gasteiger partial charge in [-0.1, -0.05) is 41.9 Å². The smallest absolute Gasteiger partial charge is 0.262 e. The van der Waals surface area contributed by atoms with E-state index in [4.69, 9.17) is 28.6 Å². The molecular formula is C21H18ClN3O3S2. The van der Waals surface area contributed by atoms with Crippen LogP contribution in [0.3, 0.4) is 0 Å². The molecule has 1 amide bonds. The molecule has 4 aromatic rings. The van der Waals surface area contributed by atoms with Gasteiger partial charge < -0.3 is 10.1 Å². The Bertz CT molecular complexity index is 1370. The summed E-state index contributed by atoms with van der Waals surface area (Å²) in [5.74, 6) is -0.284. The van der Waals surface area contributed by atoms with E-state index >= 15 is 0 Å². The maximum Gasteiger partial charge on any atom is 0.262 e. The number of hydrogen-bond acceptors (Lipinski definition) is 5. The average molecular weight is 460 g/mol. The first-order chi connectivity index (χ1) is 14.5. The number of carbonyl (C=O) groups is 1. The number of fused-ring (bicyclic) bond motifs is 3. The van der Waals surface area contributed by atoms with Crippen LogP contribution in [0.25, 0.3) is 27.0 Å². The van der Waals surface area contributed by atoms with Crippen LogP contribution in [-0.4, -0.2) is 35.1 Å². The van der Waals surface area contributed by atoms with Crippen LogP contribution in [-0.2, 0) is 16.1 Å². The largest absolute Gasteiger partial charge is 0.383 e. The third kappa shape index (κ3) is 3.67. The highest BCUT2D eigenvalue weighted by Crippen LogP contribution is 2.36. The Labute approximate surface area is 186 Å². The number of carbonyl (C=O) groups excluding carboxylic acids is 1. The van der Waals surface area contributed by atoms with Crippen LogP contribution in [0.2, 0.25) is 5.02 Å². The second-order valence-corrected chi connectivity index (χ2v) is 8.64. The van der Waals surface area contributed by atoms with Crippen molar-refractivity contribution in [3.05, 3.63) is 67.9 Å². The number of para-hydroxylation sites is 1. The summed E-state index contributed by atoms with van der Waals surface area (Å²) in [5.41, 5.74) is 1.77. The zero-order valence-electron chi connectivity index (χ0n) is 16.1. The van der Waals surface area contributed by atoms with E-state index in [9.17, 15) is 9.59 Å². The summed E-state index contributed by atoms with van der Waals surface area (Å²) in [4.78, 5) is 26.7. The third-order valence-electron chi connectivity index (χ3n) is 4.71. The molecule has 2 heterocycles. The van der Waals surface area contributed by atoms with Crippen molar-refractivity contribution in [2.75, 3.05) is 20.3 Å². The van der Waals surface area contributed by atoms with E-state index in [1.807, 2.05) is 34.7 Å². The number of halogens is 1. The molecule has 9 heteroatoms. The summed E-state index contributed by atoms with van der Waals surface area (Å²) in [7, 11) is 1.56. The van der Waals surface area contributed by atoms with Gasteiger partial charge in [-0.05, 0) is 30.4 Å². The normalized spacial score (nSPS) is 11.3. The predicted molar refractivity (Wildman–Crippen MR) is 123 cm³/mol. The Morgan fingerprint density at radius 3 is 2.70 bits per heavy atom. The number of benzene rings is 2. The standard InChI is InChI=1S/C21H18ClN3O3S2/c1-28-11-10-23-17(26)12-24-19-18(13-6-2-4-8-15(13)22)30-21(29)25(19)16-9-5-3-7-14(16)20(24)27/h2-9H,10-12H2,1H3,(H,23,26). The molecule has 0 aliphatic rings. The van der Waals surface area contributed by atoms with Crippen LogP contribution in [0.1, 0.15) is 0 Å². The molecule has 0 radical (unpaired) electrons. The van der Waals surface area contributed by atoms with Crippen molar-refractivity contribution in [3.63, 3.8) is 0 Å². The molecule has 6 nitrogen and oxygen atoms in total. The number of thiazole rings is 1. The van der Waals surface area contributed by atoms with Crippen molar-refractivity contribution in [1.82, 2.24) is 14.3 Å². The molecule has 0 bridgehead atoms. The van der Waals surface area contributed by atoms with Crippen LogP contribution in [0, 0.1) is 3.95 Å². The predicted octanol–water partition coefficient (Wildman–Crippen LogP) is 4.13. The van der Waals surface area contributed by atoms with E-state index in [0.717, 1.165) is 10.4 Å². The maximum absolute atomic E-state index is 13.4. The molecule has 4 rings (SSSR count). The lowest BCUT2D eigenvalue weighted by molar-refractivity contribution is -0.121. The van der Waals surface area contributed by atoms with Gasteiger partial charge in [0.2, 0.25) is 5.91 Å². The fraction of sp³-hybridized carbons (Fsp3) is 0.190. The van der Waals surface area contributed by atoms with Gasteiger partial charge in [-0.15, -0.1) is 11.3 Å². The van der Waals surface area contributed by atoms with Gasteiger partial charge in [-0.2, -0.15) is 0 Å². The fourth-order valence-corrected chi connectivity index (χ4v) is 5.13. The minimum absolute atomic E-state index is 0.139. The number of ether oxygens (including phenoxy) is 1. The first-order valence-electron chi connectivity index (χ1n) is 9.20. The minimum atomic E-state index is -0.284. The Morgan fingerprint density at radius 2 is 1.93 bits per heavy atom. The van der Waals surface area contributed by atoms with Crippen molar-refractivity contribution in [2.45, 2.75) is 6.54 Å². The number of nitrogens with zero attached hydrogens (tertiary/aromatic N) is 2. The molecule has 0 saturated heterocycles. The topological polar surface area (TPSA) is 64.7 Å². The summed E-state index contributed by atoms with van der Waals surface area (Å²) in [6.45, 7) is 0.614. The van der Waals surface area contributed by atoms with Gasteiger partial charge in [-0.3, -0.25) is 18.6 Å². The van der Waals surface area contributed by atoms with E-state index in [1.54, 1.807) is 25.3 Å². The second-order valence-electron chi connectivity index (χ2n) is 6.59. The number of nitrogens with one attached hydrogen (secondary N) is 1. The Morgan fingerprint density at radius 1 is 1.20 bits per heavy atom. The Kier molecular flexibility index (Phi) is 6.01. The lowest BCUT2D eigenvalue weighted by Gasteiger charge is -2.13. The highest BCUT2D eigenvalue weighted by atomic mass is 35.5. The molecule has 154 valence electrons. The average Bonchev–Trinajstić information content (AvgIpc) is 3.08. The molecule has 0 spiro atoms. The van der Waals surface area contributed by atoms with Crippen LogP contribution in [0.4, 0.5) is 0 Å². The summed E-state index contributed by atoms with van der Waals surface area (Å²) in [6.07, 6.45) is 0. The van der Waals surface area contributed by atoms with Gasteiger partial charge in [0.05, 0.1) is 22.4 Å². The highest BCUT2D eigenvalue weighted by Gasteiger charge is 2.20. The van der Waals surface area contributed by atoms with Crippen LogP contribution >= 0.6 is 35.2 Å². The molecule has 0 atom stereocenters. The summed E-state index contributed by atoms with van der Waals surface area (Å²) >= 11 is 13.5. The van der Waals surface area contributed by atoms with Crippen molar-refractivity contribution in [3.8, 4) is 10.4 Å². The monoisotopic (exact) mass is 459 g/mol. The molecule has 0 fully saturated rings. The van der Waals surface area contributed by atoms with E-state index in [-0.39, 0.29) is 18.0 Å².